The van der Waals surface area contributed by atoms with E-state index in [9.17, 15) is 20.0 Å². The second-order valence-electron chi connectivity index (χ2n) is 3.69. The van der Waals surface area contributed by atoms with Crippen LogP contribution in [0.15, 0.2) is 12.2 Å². The Labute approximate surface area is 117 Å². The van der Waals surface area contributed by atoms with Crippen LogP contribution in [-0.4, -0.2) is 17.4 Å². The molecule has 0 saturated heterocycles. The minimum atomic E-state index is -1.15. The number of carbonyl (C=O) groups excluding carboxylic acids is 1. The fourth-order valence-corrected chi connectivity index (χ4v) is 1.39. The molecule has 0 aromatic carbocycles. The molecule has 0 saturated carbocycles. The van der Waals surface area contributed by atoms with Crippen LogP contribution in [0.2, 0.25) is 0 Å². The van der Waals surface area contributed by atoms with Gasteiger partial charge in [0.25, 0.3) is 0 Å². The van der Waals surface area contributed by atoms with Crippen LogP contribution in [0, 0.1) is 10.1 Å². The molecule has 0 aromatic heterocycles. The molecule has 0 aliphatic heterocycles. The first-order valence-corrected chi connectivity index (χ1v) is 5.62. The van der Waals surface area contributed by atoms with Gasteiger partial charge in [-0.3, -0.25) is 10.1 Å². The van der Waals surface area contributed by atoms with Gasteiger partial charge in [-0.1, -0.05) is 25.3 Å². The van der Waals surface area contributed by atoms with Gasteiger partial charge in [0, 0.05) is 11.3 Å². The molecule has 0 aliphatic carbocycles. The average Bonchev–Trinajstić information content (AvgIpc) is 2.20. The van der Waals surface area contributed by atoms with Crippen molar-refractivity contribution in [3.63, 3.8) is 0 Å². The van der Waals surface area contributed by atoms with Crippen LogP contribution in [0.25, 0.3) is 0 Å². The Morgan fingerprint density at radius 1 is 1.06 bits per heavy atom. The molecule has 0 aromatic rings. The van der Waals surface area contributed by atoms with E-state index in [1.165, 1.54) is 0 Å². The number of allylic oxidation sites excluding steroid dienone is 1. The van der Waals surface area contributed by atoms with Crippen LogP contribution < -0.4 is 5.11 Å². The van der Waals surface area contributed by atoms with Crippen molar-refractivity contribution < 1.29 is 37.2 Å². The Morgan fingerprint density at radius 3 is 2.12 bits per heavy atom. The zero-order valence-electron chi connectivity index (χ0n) is 9.69. The predicted molar refractivity (Wildman–Crippen MR) is 58.3 cm³/mol. The molecule has 0 spiro atoms. The Hall–Kier alpha value is -0.650. The maximum Gasteiger partial charge on any atom is 1.00 e. The van der Waals surface area contributed by atoms with Gasteiger partial charge in [0.1, 0.15) is 0 Å². The minimum absolute atomic E-state index is 0. The summed E-state index contributed by atoms with van der Waals surface area (Å²) >= 11 is 0. The van der Waals surface area contributed by atoms with E-state index in [0.29, 0.717) is 6.42 Å². The third kappa shape index (κ3) is 17.9. The van der Waals surface area contributed by atoms with E-state index in [4.69, 9.17) is 0 Å². The summed E-state index contributed by atoms with van der Waals surface area (Å²) in [5.41, 5.74) is 0. The Bertz CT molecular complexity index is 244. The molecule has 0 heterocycles. The van der Waals surface area contributed by atoms with Gasteiger partial charge in [-0.25, -0.2) is 0 Å². The summed E-state index contributed by atoms with van der Waals surface area (Å²) in [5.74, 6) is -1.15. The molecule has 0 atom stereocenters. The van der Waals surface area contributed by atoms with Gasteiger partial charge >= 0.3 is 22.4 Å². The number of nitro groups is 1. The Kier molecular flexibility index (Phi) is 14.8. The summed E-state index contributed by atoms with van der Waals surface area (Å²) in [6, 6.07) is 0. The molecule has 102 valence electrons. The third-order valence-electron chi connectivity index (χ3n) is 2.22. The normalized spacial score (nSPS) is 10.1. The summed E-state index contributed by atoms with van der Waals surface area (Å²) in [5, 5.41) is 20.0. The van der Waals surface area contributed by atoms with Crippen molar-refractivity contribution >= 4 is 5.97 Å². The first-order chi connectivity index (χ1) is 7.63. The smallest absolute Gasteiger partial charge is 0.545 e. The second kappa shape index (κ2) is 13.4. The van der Waals surface area contributed by atoms with Gasteiger partial charge < -0.3 is 9.90 Å². The molecule has 17 heavy (non-hydrogen) atoms. The van der Waals surface area contributed by atoms with Gasteiger partial charge in [0.2, 0.25) is 6.54 Å². The molecule has 0 fully saturated rings. The van der Waals surface area contributed by atoms with Crippen LogP contribution in [0.3, 0.4) is 0 Å². The van der Waals surface area contributed by atoms with E-state index in [1.54, 1.807) is 6.08 Å². The number of hydrogen-bond acceptors (Lipinski definition) is 4. The van der Waals surface area contributed by atoms with Crippen molar-refractivity contribution in [1.82, 2.24) is 0 Å². The molecule has 0 aliphatic rings. The number of carbonyl (C=O) groups is 1. The van der Waals surface area contributed by atoms with E-state index in [-0.39, 0.29) is 33.8 Å². The fourth-order valence-electron chi connectivity index (χ4n) is 1.39. The number of hydrogen-bond donors (Lipinski definition) is 0. The summed E-state index contributed by atoms with van der Waals surface area (Å²) in [4.78, 5) is 19.7. The second-order valence-corrected chi connectivity index (χ2v) is 3.69. The van der Waals surface area contributed by atoms with Crippen molar-refractivity contribution in [3.05, 3.63) is 22.3 Å². The Morgan fingerprint density at radius 2 is 1.59 bits per heavy atom. The number of carboxylic acids is 1. The first kappa shape index (κ1) is 18.7. The number of aliphatic carboxylic acids is 1. The molecule has 6 heteroatoms. The van der Waals surface area contributed by atoms with E-state index in [0.717, 1.165) is 44.6 Å². The molecule has 0 radical (unpaired) electrons. The number of carboxylic acid groups (broad SMARTS) is 1. The monoisotopic (exact) mass is 335 g/mol. The number of nitrogens with zero attached hydrogens (tertiary/aromatic N) is 1. The predicted octanol–water partition coefficient (Wildman–Crippen LogP) is 1.30. The van der Waals surface area contributed by atoms with Gasteiger partial charge in [-0.05, 0) is 25.3 Å². The molecule has 0 N–H and O–H groups in total. The van der Waals surface area contributed by atoms with E-state index in [2.05, 4.69) is 0 Å². The van der Waals surface area contributed by atoms with Crippen molar-refractivity contribution in [3.8, 4) is 0 Å². The molecular weight excluding hydrogens is 318 g/mol. The maximum atomic E-state index is 10.0. The molecule has 0 rings (SSSR count). The molecule has 0 unspecified atom stereocenters. The Balaban J connectivity index is 0. The van der Waals surface area contributed by atoms with Gasteiger partial charge in [-0.2, -0.15) is 0 Å². The fraction of sp³-hybridized carbons (Fsp3) is 0.727. The van der Waals surface area contributed by atoms with Crippen molar-refractivity contribution in [1.29, 1.82) is 0 Å². The quantitative estimate of drug-likeness (QED) is 0.198. The van der Waals surface area contributed by atoms with E-state index in [1.807, 2.05) is 0 Å². The van der Waals surface area contributed by atoms with Crippen LogP contribution >= 0.6 is 0 Å². The van der Waals surface area contributed by atoms with Gasteiger partial charge in [-0.15, -0.1) is 0 Å². The largest absolute Gasteiger partial charge is 1.00 e. The number of rotatable bonds is 10. The maximum absolute atomic E-state index is 10.0. The van der Waals surface area contributed by atoms with Crippen molar-refractivity contribution in [2.75, 3.05) is 6.54 Å². The van der Waals surface area contributed by atoms with Crippen molar-refractivity contribution in [2.24, 2.45) is 0 Å². The van der Waals surface area contributed by atoms with E-state index >= 15 is 0 Å². The number of unbranched alkanes of at least 4 members (excludes halogenated alkanes) is 6. The van der Waals surface area contributed by atoms with Crippen molar-refractivity contribution in [2.45, 2.75) is 44.9 Å². The van der Waals surface area contributed by atoms with E-state index < -0.39 is 5.97 Å². The average molecular weight is 336 g/mol. The summed E-state index contributed by atoms with van der Waals surface area (Å²) in [6.45, 7) is 0.0638. The van der Waals surface area contributed by atoms with Crippen LogP contribution in [-0.2, 0) is 27.2 Å². The molecule has 0 amide bonds. The zero-order chi connectivity index (χ0) is 12.2. The minimum Gasteiger partial charge on any atom is -0.545 e. The van der Waals surface area contributed by atoms with Crippen LogP contribution in [0.5, 0.6) is 0 Å². The van der Waals surface area contributed by atoms with Gasteiger partial charge in [0.15, 0.2) is 0 Å². The molecule has 5 nitrogen and oxygen atoms in total. The topological polar surface area (TPSA) is 83.3 Å². The zero-order valence-corrected chi connectivity index (χ0v) is 11.2. The van der Waals surface area contributed by atoms with Crippen LogP contribution in [0.1, 0.15) is 44.9 Å². The summed E-state index contributed by atoms with van der Waals surface area (Å²) in [6.07, 6.45) is 9.01. The summed E-state index contributed by atoms with van der Waals surface area (Å²) < 4.78 is 0. The molecular formula is C11H18AgNO4. The van der Waals surface area contributed by atoms with Crippen LogP contribution in [0.4, 0.5) is 0 Å². The van der Waals surface area contributed by atoms with Gasteiger partial charge in [0.05, 0.1) is 5.97 Å². The standard InChI is InChI=1S/C11H19NO4.Ag/c13-11(14)9-7-5-3-1-2-4-6-8-10-12(15)16;/h7,9H,1-6,8,10H2,(H,13,14);/q;+1/p-1. The summed E-state index contributed by atoms with van der Waals surface area (Å²) in [7, 11) is 0. The first-order valence-electron chi connectivity index (χ1n) is 5.62. The SMILES string of the molecule is O=C([O-])C=CCCCCCCCC[N+](=O)[O-].[Ag+]. The molecule has 0 bridgehead atoms. The third-order valence-corrected chi connectivity index (χ3v) is 2.22.